The van der Waals surface area contributed by atoms with Crippen LogP contribution in [-0.4, -0.2) is 28.7 Å². The van der Waals surface area contributed by atoms with Gasteiger partial charge in [0.1, 0.15) is 19.0 Å². The van der Waals surface area contributed by atoms with Crippen LogP contribution >= 0.6 is 0 Å². The van der Waals surface area contributed by atoms with E-state index < -0.39 is 10.0 Å². The predicted octanol–water partition coefficient (Wildman–Crippen LogP) is 3.53. The summed E-state index contributed by atoms with van der Waals surface area (Å²) in [6.45, 7) is 5.00. The monoisotopic (exact) mass is 391 g/mol. The summed E-state index contributed by atoms with van der Waals surface area (Å²) in [5.41, 5.74) is 0.894. The number of ether oxygens (including phenoxy) is 3. The van der Waals surface area contributed by atoms with Gasteiger partial charge in [-0.25, -0.2) is 13.1 Å². The summed E-state index contributed by atoms with van der Waals surface area (Å²) in [7, 11) is -2.12. The van der Waals surface area contributed by atoms with Gasteiger partial charge in [-0.05, 0) is 42.2 Å². The van der Waals surface area contributed by atoms with Gasteiger partial charge in [0.2, 0.25) is 10.0 Å². The minimum Gasteiger partial charge on any atom is -0.497 e. The second kappa shape index (κ2) is 8.19. The lowest BCUT2D eigenvalue weighted by Crippen LogP contribution is -2.30. The number of hydrogen-bond donors (Lipinski definition) is 1. The van der Waals surface area contributed by atoms with Gasteiger partial charge in [0.05, 0.1) is 12.0 Å². The van der Waals surface area contributed by atoms with Crippen molar-refractivity contribution in [1.29, 1.82) is 0 Å². The first-order valence-corrected chi connectivity index (χ1v) is 10.4. The average Bonchev–Trinajstić information content (AvgIpc) is 2.66. The van der Waals surface area contributed by atoms with Crippen LogP contribution in [-0.2, 0) is 10.0 Å². The molecule has 1 aliphatic heterocycles. The lowest BCUT2D eigenvalue weighted by molar-refractivity contribution is 0.171. The molecule has 1 heterocycles. The molecule has 27 heavy (non-hydrogen) atoms. The predicted molar refractivity (Wildman–Crippen MR) is 103 cm³/mol. The molecule has 0 bridgehead atoms. The van der Waals surface area contributed by atoms with Gasteiger partial charge >= 0.3 is 0 Å². The maximum Gasteiger partial charge on any atom is 0.241 e. The fourth-order valence-electron chi connectivity index (χ4n) is 3.01. The third-order valence-electron chi connectivity index (χ3n) is 4.35. The summed E-state index contributed by atoms with van der Waals surface area (Å²) in [5, 5.41) is 0. The van der Waals surface area contributed by atoms with E-state index in [1.165, 1.54) is 12.1 Å². The van der Waals surface area contributed by atoms with Crippen LogP contribution in [0.15, 0.2) is 47.4 Å². The van der Waals surface area contributed by atoms with E-state index in [4.69, 9.17) is 14.2 Å². The van der Waals surface area contributed by atoms with Crippen molar-refractivity contribution < 1.29 is 22.6 Å². The Morgan fingerprint density at radius 3 is 2.33 bits per heavy atom. The molecule has 0 unspecified atom stereocenters. The fraction of sp³-hybridized carbons (Fsp3) is 0.400. The van der Waals surface area contributed by atoms with Crippen LogP contribution in [0.5, 0.6) is 17.2 Å². The highest BCUT2D eigenvalue weighted by molar-refractivity contribution is 7.89. The zero-order valence-corrected chi connectivity index (χ0v) is 16.6. The molecule has 0 aliphatic carbocycles. The Hall–Kier alpha value is -2.25. The third-order valence-corrected chi connectivity index (χ3v) is 5.82. The first kappa shape index (κ1) is 19.5. The molecule has 0 amide bonds. The van der Waals surface area contributed by atoms with Gasteiger partial charge in [0.25, 0.3) is 0 Å². The molecule has 0 saturated carbocycles. The normalized spacial score (nSPS) is 14.8. The summed E-state index contributed by atoms with van der Waals surface area (Å²) in [5.74, 6) is 2.07. The van der Waals surface area contributed by atoms with Crippen LogP contribution in [0.3, 0.4) is 0 Å². The highest BCUT2D eigenvalue weighted by atomic mass is 32.2. The van der Waals surface area contributed by atoms with Gasteiger partial charge in [-0.15, -0.1) is 0 Å². The molecule has 0 aromatic heterocycles. The Labute approximate surface area is 160 Å². The third kappa shape index (κ3) is 4.73. The molecule has 1 atom stereocenters. The molecule has 6 nitrogen and oxygen atoms in total. The van der Waals surface area contributed by atoms with Gasteiger partial charge in [-0.2, -0.15) is 0 Å². The molecule has 1 N–H and O–H groups in total. The lowest BCUT2D eigenvalue weighted by atomic mass is 9.98. The molecule has 2 aromatic carbocycles. The summed E-state index contributed by atoms with van der Waals surface area (Å²) in [6, 6.07) is 11.8. The maximum atomic E-state index is 13.0. The van der Waals surface area contributed by atoms with E-state index in [-0.39, 0.29) is 10.9 Å². The zero-order valence-electron chi connectivity index (χ0n) is 15.8. The van der Waals surface area contributed by atoms with Gasteiger partial charge < -0.3 is 14.2 Å². The highest BCUT2D eigenvalue weighted by Gasteiger charge is 2.24. The van der Waals surface area contributed by atoms with E-state index in [2.05, 4.69) is 18.6 Å². The van der Waals surface area contributed by atoms with Gasteiger partial charge in [-0.1, -0.05) is 26.0 Å². The first-order chi connectivity index (χ1) is 12.9. The summed E-state index contributed by atoms with van der Waals surface area (Å²) < 4.78 is 44.9. The Morgan fingerprint density at radius 1 is 1.04 bits per heavy atom. The van der Waals surface area contributed by atoms with Crippen LogP contribution < -0.4 is 18.9 Å². The second-order valence-corrected chi connectivity index (χ2v) is 8.60. The van der Waals surface area contributed by atoms with Gasteiger partial charge in [0, 0.05) is 12.1 Å². The van der Waals surface area contributed by atoms with Crippen LogP contribution in [0.1, 0.15) is 31.9 Å². The largest absolute Gasteiger partial charge is 0.497 e. The molecule has 0 radical (unpaired) electrons. The Balaban J connectivity index is 1.87. The highest BCUT2D eigenvalue weighted by Crippen LogP contribution is 2.33. The van der Waals surface area contributed by atoms with Crippen LogP contribution in [0.25, 0.3) is 0 Å². The topological polar surface area (TPSA) is 73.9 Å². The lowest BCUT2D eigenvalue weighted by Gasteiger charge is -2.22. The van der Waals surface area contributed by atoms with Crippen molar-refractivity contribution in [1.82, 2.24) is 4.72 Å². The Bertz CT molecular complexity index is 878. The van der Waals surface area contributed by atoms with Gasteiger partial charge in [0.15, 0.2) is 11.5 Å². The fourth-order valence-corrected chi connectivity index (χ4v) is 4.26. The van der Waals surface area contributed by atoms with Crippen molar-refractivity contribution in [2.45, 2.75) is 31.2 Å². The summed E-state index contributed by atoms with van der Waals surface area (Å²) >= 11 is 0. The maximum absolute atomic E-state index is 13.0. The molecule has 1 aliphatic rings. The number of hydrogen-bond acceptors (Lipinski definition) is 5. The minimum atomic E-state index is -3.72. The number of nitrogens with one attached hydrogen (secondary N) is 1. The van der Waals surface area contributed by atoms with E-state index in [0.717, 1.165) is 11.3 Å². The van der Waals surface area contributed by atoms with Crippen molar-refractivity contribution in [2.24, 2.45) is 5.92 Å². The number of rotatable bonds is 7. The molecule has 146 valence electrons. The van der Waals surface area contributed by atoms with E-state index in [9.17, 15) is 8.42 Å². The van der Waals surface area contributed by atoms with Crippen molar-refractivity contribution in [3.63, 3.8) is 0 Å². The van der Waals surface area contributed by atoms with Crippen LogP contribution in [0.2, 0.25) is 0 Å². The minimum absolute atomic E-state index is 0.161. The average molecular weight is 391 g/mol. The van der Waals surface area contributed by atoms with E-state index in [1.54, 1.807) is 13.2 Å². The SMILES string of the molecule is COc1ccc([C@H](CC(C)C)NS(=O)(=O)c2ccc3c(c2)OCCO3)cc1. The molecular weight excluding hydrogens is 366 g/mol. The van der Waals surface area contributed by atoms with E-state index in [1.807, 2.05) is 24.3 Å². The quantitative estimate of drug-likeness (QED) is 0.782. The molecule has 0 fully saturated rings. The molecule has 7 heteroatoms. The number of sulfonamides is 1. The number of methoxy groups -OCH3 is 1. The van der Waals surface area contributed by atoms with Crippen LogP contribution in [0.4, 0.5) is 0 Å². The molecule has 0 spiro atoms. The molecule has 3 rings (SSSR count). The van der Waals surface area contributed by atoms with Gasteiger partial charge in [-0.3, -0.25) is 0 Å². The zero-order chi connectivity index (χ0) is 19.4. The number of benzene rings is 2. The Morgan fingerprint density at radius 2 is 1.70 bits per heavy atom. The first-order valence-electron chi connectivity index (χ1n) is 8.95. The standard InChI is InChI=1S/C20H25NO5S/c1-14(2)12-18(15-4-6-16(24-3)7-5-15)21-27(22,23)17-8-9-19-20(13-17)26-11-10-25-19/h4-9,13-14,18,21H,10-12H2,1-3H3/t18-/m0/s1. The Kier molecular flexibility index (Phi) is 5.92. The molecule has 0 saturated heterocycles. The van der Waals surface area contributed by atoms with Crippen molar-refractivity contribution >= 4 is 10.0 Å². The van der Waals surface area contributed by atoms with Crippen molar-refractivity contribution in [2.75, 3.05) is 20.3 Å². The van der Waals surface area contributed by atoms with Crippen molar-refractivity contribution in [3.05, 3.63) is 48.0 Å². The molecular formula is C20H25NO5S. The smallest absolute Gasteiger partial charge is 0.241 e. The van der Waals surface area contributed by atoms with Crippen molar-refractivity contribution in [3.8, 4) is 17.2 Å². The van der Waals surface area contributed by atoms with E-state index >= 15 is 0 Å². The molecule has 2 aromatic rings. The van der Waals surface area contributed by atoms with Crippen LogP contribution in [0, 0.1) is 5.92 Å². The number of fused-ring (bicyclic) bond motifs is 1. The van der Waals surface area contributed by atoms with E-state index in [0.29, 0.717) is 37.1 Å². The second-order valence-electron chi connectivity index (χ2n) is 6.88. The summed E-state index contributed by atoms with van der Waals surface area (Å²) in [6.07, 6.45) is 0.677. The summed E-state index contributed by atoms with van der Waals surface area (Å²) in [4.78, 5) is 0.161.